The van der Waals surface area contributed by atoms with Gasteiger partial charge in [-0.25, -0.2) is 19.2 Å². The van der Waals surface area contributed by atoms with Crippen LogP contribution >= 0.6 is 0 Å². The summed E-state index contributed by atoms with van der Waals surface area (Å²) >= 11 is 0. The van der Waals surface area contributed by atoms with Crippen molar-refractivity contribution in [2.75, 3.05) is 20.3 Å². The maximum Gasteiger partial charge on any atom is 0.340 e. The van der Waals surface area contributed by atoms with Crippen LogP contribution in [0.2, 0.25) is 0 Å². The number of carbonyl (C=O) groups excluding carboxylic acids is 4. The normalized spacial score (nSPS) is 9.38. The summed E-state index contributed by atoms with van der Waals surface area (Å²) in [5, 5.41) is 8.19. The minimum atomic E-state index is -0.823. The van der Waals surface area contributed by atoms with E-state index in [0.717, 1.165) is 6.08 Å². The predicted octanol–water partition coefficient (Wildman–Crippen LogP) is 1.41. The molecule has 0 aromatic rings. The molecule has 0 aliphatic carbocycles. The quantitative estimate of drug-likeness (QED) is 0.296. The lowest BCUT2D eigenvalue weighted by Gasteiger charge is -1.99. The van der Waals surface area contributed by atoms with Gasteiger partial charge in [0.05, 0.1) is 13.7 Å². The third-order valence-electron chi connectivity index (χ3n) is 2.31. The van der Waals surface area contributed by atoms with Crippen LogP contribution in [-0.4, -0.2) is 49.3 Å². The monoisotopic (exact) mass is 368 g/mol. The highest BCUT2D eigenvalue weighted by molar-refractivity contribution is 5.98. The molecular weight excluding hydrogens is 344 g/mol. The summed E-state index contributed by atoms with van der Waals surface area (Å²) in [4.78, 5) is 43.4. The Kier molecular flexibility index (Phi) is 13.9. The molecule has 0 atom stereocenters. The minimum Gasteiger partial charge on any atom is -0.466 e. The van der Waals surface area contributed by atoms with Crippen LogP contribution in [0.25, 0.3) is 0 Å². The van der Waals surface area contributed by atoms with Gasteiger partial charge in [0, 0.05) is 22.8 Å². The summed E-state index contributed by atoms with van der Waals surface area (Å²) in [5.74, 6) is -2.62. The van der Waals surface area contributed by atoms with Crippen LogP contribution in [0.1, 0.15) is 20.3 Å². The Bertz CT molecular complexity index is 598. The Hall–Kier alpha value is -3.00. The summed E-state index contributed by atoms with van der Waals surface area (Å²) in [6.07, 6.45) is 2.53. The first kappa shape index (κ1) is 25.2. The van der Waals surface area contributed by atoms with Crippen LogP contribution in [0.5, 0.6) is 0 Å². The van der Waals surface area contributed by atoms with Gasteiger partial charge in [-0.1, -0.05) is 25.8 Å². The number of hydrogen-bond acceptors (Lipinski definition) is 8. The van der Waals surface area contributed by atoms with Crippen LogP contribution in [0.15, 0.2) is 48.6 Å². The smallest absolute Gasteiger partial charge is 0.340 e. The molecule has 0 aromatic heterocycles. The second kappa shape index (κ2) is 14.4. The summed E-state index contributed by atoms with van der Waals surface area (Å²) in [6, 6.07) is 0. The van der Waals surface area contributed by atoms with E-state index in [1.165, 1.54) is 20.1 Å². The number of aliphatic hydroxyl groups is 1. The number of methoxy groups -OCH3 is 1. The van der Waals surface area contributed by atoms with Crippen LogP contribution in [-0.2, 0) is 33.4 Å². The van der Waals surface area contributed by atoms with Gasteiger partial charge in [0.2, 0.25) is 0 Å². The molecule has 0 unspecified atom stereocenters. The molecule has 0 saturated carbocycles. The highest BCUT2D eigenvalue weighted by Gasteiger charge is 2.08. The van der Waals surface area contributed by atoms with E-state index in [0.29, 0.717) is 5.57 Å². The fourth-order valence-electron chi connectivity index (χ4n) is 0.999. The molecule has 144 valence electrons. The van der Waals surface area contributed by atoms with E-state index < -0.39 is 23.9 Å². The lowest BCUT2D eigenvalue weighted by atomic mass is 10.2. The van der Waals surface area contributed by atoms with E-state index in [2.05, 4.69) is 33.9 Å². The van der Waals surface area contributed by atoms with Gasteiger partial charge in [-0.05, 0) is 20.3 Å². The Balaban J connectivity index is 0. The molecule has 0 aliphatic rings. The third-order valence-corrected chi connectivity index (χ3v) is 2.31. The highest BCUT2D eigenvalue weighted by atomic mass is 16.6. The van der Waals surface area contributed by atoms with E-state index in [4.69, 9.17) is 5.11 Å². The first-order valence-electron chi connectivity index (χ1n) is 7.34. The van der Waals surface area contributed by atoms with Crippen molar-refractivity contribution in [2.24, 2.45) is 0 Å². The molecule has 0 heterocycles. The zero-order chi connectivity index (χ0) is 20.7. The lowest BCUT2D eigenvalue weighted by molar-refractivity contribution is -0.153. The molecule has 0 aromatic carbocycles. The van der Waals surface area contributed by atoms with Crippen LogP contribution in [0.3, 0.4) is 0 Å². The molecule has 0 saturated heterocycles. The second-order valence-corrected chi connectivity index (χ2v) is 4.83. The largest absolute Gasteiger partial charge is 0.466 e. The highest BCUT2D eigenvalue weighted by Crippen LogP contribution is 2.02. The van der Waals surface area contributed by atoms with Gasteiger partial charge < -0.3 is 19.3 Å². The van der Waals surface area contributed by atoms with Gasteiger partial charge in [-0.3, -0.25) is 0 Å². The molecule has 0 radical (unpaired) electrons. The standard InChI is InChI=1S/C12H14O5.C6H10O3/c1-8(2)11(14)17-10(13)7-5-6-9(3)12(15)16-4;1-5(2)6(8)9-4-3-7/h5,7H,1,3,6H2,2,4H3;7H,1,3-4H2,2H3. The van der Waals surface area contributed by atoms with Crippen molar-refractivity contribution in [3.05, 3.63) is 48.6 Å². The summed E-state index contributed by atoms with van der Waals surface area (Å²) in [7, 11) is 1.23. The van der Waals surface area contributed by atoms with Crippen LogP contribution in [0.4, 0.5) is 0 Å². The van der Waals surface area contributed by atoms with Gasteiger partial charge in [-0.2, -0.15) is 0 Å². The van der Waals surface area contributed by atoms with Crippen LogP contribution in [0, 0.1) is 0 Å². The first-order chi connectivity index (χ1) is 12.1. The number of ether oxygens (including phenoxy) is 3. The Morgan fingerprint density at radius 3 is 1.92 bits per heavy atom. The number of hydrogen-bond donors (Lipinski definition) is 1. The minimum absolute atomic E-state index is 0.0473. The van der Waals surface area contributed by atoms with Gasteiger partial charge >= 0.3 is 23.9 Å². The molecule has 0 bridgehead atoms. The Morgan fingerprint density at radius 2 is 1.50 bits per heavy atom. The number of esters is 4. The summed E-state index contributed by atoms with van der Waals surface area (Å²) in [5.41, 5.74) is 0.678. The van der Waals surface area contributed by atoms with Crippen molar-refractivity contribution in [2.45, 2.75) is 20.3 Å². The molecule has 26 heavy (non-hydrogen) atoms. The average molecular weight is 368 g/mol. The lowest BCUT2D eigenvalue weighted by Crippen LogP contribution is -2.10. The maximum absolute atomic E-state index is 11.1. The molecule has 0 rings (SSSR count). The zero-order valence-corrected chi connectivity index (χ0v) is 15.2. The van der Waals surface area contributed by atoms with Gasteiger partial charge in [0.1, 0.15) is 6.61 Å². The zero-order valence-electron chi connectivity index (χ0n) is 15.2. The third kappa shape index (κ3) is 13.4. The Morgan fingerprint density at radius 1 is 0.962 bits per heavy atom. The van der Waals surface area contributed by atoms with Crippen molar-refractivity contribution in [3.63, 3.8) is 0 Å². The predicted molar refractivity (Wildman–Crippen MR) is 93.7 cm³/mol. The number of aliphatic hydroxyl groups excluding tert-OH is 1. The SMILES string of the molecule is C=C(C)C(=O)OC(=O)C=CCC(=C)C(=O)OC.C=C(C)C(=O)OCCO. The van der Waals surface area contributed by atoms with Crippen molar-refractivity contribution in [3.8, 4) is 0 Å². The van der Waals surface area contributed by atoms with Crippen LogP contribution < -0.4 is 0 Å². The fraction of sp³-hybridized carbons (Fsp3) is 0.333. The molecule has 0 fully saturated rings. The van der Waals surface area contributed by atoms with E-state index in [1.807, 2.05) is 0 Å². The van der Waals surface area contributed by atoms with Gasteiger partial charge in [0.15, 0.2) is 0 Å². The molecular formula is C18H24O8. The van der Waals surface area contributed by atoms with E-state index in [9.17, 15) is 19.2 Å². The van der Waals surface area contributed by atoms with Crippen molar-refractivity contribution in [1.82, 2.24) is 0 Å². The van der Waals surface area contributed by atoms with Crippen molar-refractivity contribution < 1.29 is 38.5 Å². The van der Waals surface area contributed by atoms with Crippen molar-refractivity contribution >= 4 is 23.9 Å². The van der Waals surface area contributed by atoms with E-state index in [-0.39, 0.29) is 30.8 Å². The van der Waals surface area contributed by atoms with Crippen molar-refractivity contribution in [1.29, 1.82) is 0 Å². The molecule has 0 amide bonds. The number of carbonyl (C=O) groups is 4. The number of allylic oxidation sites excluding steroid dienone is 1. The van der Waals surface area contributed by atoms with Gasteiger partial charge in [0.25, 0.3) is 0 Å². The van der Waals surface area contributed by atoms with E-state index >= 15 is 0 Å². The summed E-state index contributed by atoms with van der Waals surface area (Å²) in [6.45, 7) is 13.0. The molecule has 8 heteroatoms. The number of rotatable bonds is 8. The van der Waals surface area contributed by atoms with Gasteiger partial charge in [-0.15, -0.1) is 0 Å². The Labute approximate surface area is 152 Å². The first-order valence-corrected chi connectivity index (χ1v) is 7.34. The summed E-state index contributed by atoms with van der Waals surface area (Å²) < 4.78 is 13.2. The topological polar surface area (TPSA) is 116 Å². The maximum atomic E-state index is 11.1. The fourth-order valence-corrected chi connectivity index (χ4v) is 0.999. The second-order valence-electron chi connectivity index (χ2n) is 4.83. The molecule has 1 N–H and O–H groups in total. The molecule has 0 spiro atoms. The van der Waals surface area contributed by atoms with E-state index in [1.54, 1.807) is 6.92 Å². The molecule has 8 nitrogen and oxygen atoms in total. The average Bonchev–Trinajstić information content (AvgIpc) is 2.58. The molecule has 0 aliphatic heterocycles.